The molecule has 0 aliphatic carbocycles. The fourth-order valence-electron chi connectivity index (χ4n) is 1.46. The second-order valence-electron chi connectivity index (χ2n) is 3.69. The zero-order chi connectivity index (χ0) is 14.2. The van der Waals surface area contributed by atoms with Gasteiger partial charge in [0.1, 0.15) is 6.04 Å². The van der Waals surface area contributed by atoms with Gasteiger partial charge in [0.25, 0.3) is 0 Å². The van der Waals surface area contributed by atoms with Gasteiger partial charge < -0.3 is 5.11 Å². The van der Waals surface area contributed by atoms with E-state index in [1.54, 1.807) is 0 Å². The number of hydrogen-bond donors (Lipinski definition) is 1. The van der Waals surface area contributed by atoms with Crippen molar-refractivity contribution < 1.29 is 31.9 Å². The van der Waals surface area contributed by atoms with Crippen LogP contribution in [0.1, 0.15) is 11.6 Å². The summed E-state index contributed by atoms with van der Waals surface area (Å²) in [5, 5.41) is 8.78. The lowest BCUT2D eigenvalue weighted by Gasteiger charge is -2.21. The van der Waals surface area contributed by atoms with Crippen LogP contribution in [-0.2, 0) is 4.79 Å². The summed E-state index contributed by atoms with van der Waals surface area (Å²) in [6, 6.07) is -1.98. The highest BCUT2D eigenvalue weighted by atomic mass is 19.2. The zero-order valence-corrected chi connectivity index (χ0v) is 9.27. The van der Waals surface area contributed by atoms with Crippen LogP contribution in [0.3, 0.4) is 0 Å². The first-order chi connectivity index (χ1) is 8.20. The Morgan fingerprint density at radius 2 is 1.28 bits per heavy atom. The minimum absolute atomic E-state index is 0.820. The fourth-order valence-corrected chi connectivity index (χ4v) is 1.46. The van der Waals surface area contributed by atoms with Gasteiger partial charge >= 0.3 is 5.97 Å². The average Bonchev–Trinajstić information content (AvgIpc) is 2.28. The van der Waals surface area contributed by atoms with Gasteiger partial charge in [-0.05, 0) is 14.1 Å². The van der Waals surface area contributed by atoms with Crippen LogP contribution in [-0.4, -0.2) is 30.1 Å². The van der Waals surface area contributed by atoms with Crippen molar-refractivity contribution in [2.45, 2.75) is 6.04 Å². The first-order valence-corrected chi connectivity index (χ1v) is 4.60. The molecule has 1 aromatic rings. The van der Waals surface area contributed by atoms with Crippen LogP contribution in [0.4, 0.5) is 22.0 Å². The Kier molecular flexibility index (Phi) is 3.90. The second-order valence-corrected chi connectivity index (χ2v) is 3.69. The molecule has 1 rings (SSSR count). The summed E-state index contributed by atoms with van der Waals surface area (Å²) >= 11 is 0. The van der Waals surface area contributed by atoms with Gasteiger partial charge in [0, 0.05) is 0 Å². The molecule has 18 heavy (non-hydrogen) atoms. The smallest absolute Gasteiger partial charge is 0.325 e. The lowest BCUT2D eigenvalue weighted by Crippen LogP contribution is -2.30. The molecule has 0 aromatic heterocycles. The van der Waals surface area contributed by atoms with Crippen LogP contribution >= 0.6 is 0 Å². The maximum atomic E-state index is 13.4. The lowest BCUT2D eigenvalue weighted by atomic mass is 10.0. The summed E-state index contributed by atoms with van der Waals surface area (Å²) in [7, 11) is 2.27. The van der Waals surface area contributed by atoms with Crippen LogP contribution in [0, 0.1) is 29.1 Å². The molecule has 1 unspecified atom stereocenters. The van der Waals surface area contributed by atoms with Gasteiger partial charge in [0.15, 0.2) is 23.3 Å². The Labute approximate surface area is 98.4 Å². The van der Waals surface area contributed by atoms with Crippen molar-refractivity contribution in [2.24, 2.45) is 0 Å². The van der Waals surface area contributed by atoms with Crippen molar-refractivity contribution in [3.8, 4) is 0 Å². The number of carboxylic acid groups (broad SMARTS) is 1. The van der Waals surface area contributed by atoms with E-state index in [0.717, 1.165) is 19.0 Å². The Morgan fingerprint density at radius 3 is 1.56 bits per heavy atom. The van der Waals surface area contributed by atoms with E-state index in [0.29, 0.717) is 0 Å². The molecule has 0 bridgehead atoms. The topological polar surface area (TPSA) is 40.5 Å². The molecule has 0 saturated carbocycles. The predicted molar refractivity (Wildman–Crippen MR) is 50.3 cm³/mol. The number of halogens is 5. The summed E-state index contributed by atoms with van der Waals surface area (Å²) in [6.45, 7) is 0. The first-order valence-electron chi connectivity index (χ1n) is 4.60. The number of likely N-dealkylation sites (N-methyl/N-ethyl adjacent to an activating group) is 1. The highest BCUT2D eigenvalue weighted by molar-refractivity contribution is 5.75. The predicted octanol–water partition coefficient (Wildman–Crippen LogP) is 2.07. The van der Waals surface area contributed by atoms with Crippen molar-refractivity contribution in [3.05, 3.63) is 34.6 Å². The molecule has 0 saturated heterocycles. The Morgan fingerprint density at radius 1 is 0.944 bits per heavy atom. The molecule has 0 heterocycles. The van der Waals surface area contributed by atoms with Gasteiger partial charge in [0.2, 0.25) is 5.82 Å². The monoisotopic (exact) mass is 269 g/mol. The third-order valence-electron chi connectivity index (χ3n) is 2.27. The highest BCUT2D eigenvalue weighted by Crippen LogP contribution is 2.30. The van der Waals surface area contributed by atoms with Gasteiger partial charge in [0.05, 0.1) is 5.56 Å². The molecular formula is C10H8F5NO2. The molecule has 0 fully saturated rings. The largest absolute Gasteiger partial charge is 0.480 e. The van der Waals surface area contributed by atoms with Crippen LogP contribution in [0.2, 0.25) is 0 Å². The van der Waals surface area contributed by atoms with E-state index < -0.39 is 46.7 Å². The highest BCUT2D eigenvalue weighted by Gasteiger charge is 2.35. The zero-order valence-electron chi connectivity index (χ0n) is 9.27. The number of aliphatic carboxylic acids is 1. The fraction of sp³-hybridized carbons (Fsp3) is 0.300. The van der Waals surface area contributed by atoms with E-state index >= 15 is 0 Å². The van der Waals surface area contributed by atoms with Crippen molar-refractivity contribution in [1.29, 1.82) is 0 Å². The molecule has 1 atom stereocenters. The van der Waals surface area contributed by atoms with Crippen molar-refractivity contribution >= 4 is 5.97 Å². The SMILES string of the molecule is CN(C)C(C(=O)O)c1c(F)c(F)c(F)c(F)c1F. The number of carbonyl (C=O) groups is 1. The molecule has 0 radical (unpaired) electrons. The van der Waals surface area contributed by atoms with Crippen LogP contribution < -0.4 is 0 Å². The van der Waals surface area contributed by atoms with Crippen molar-refractivity contribution in [3.63, 3.8) is 0 Å². The Bertz CT molecular complexity index is 475. The van der Waals surface area contributed by atoms with Gasteiger partial charge in [-0.15, -0.1) is 0 Å². The van der Waals surface area contributed by atoms with Crippen LogP contribution in [0.25, 0.3) is 0 Å². The molecule has 100 valence electrons. The van der Waals surface area contributed by atoms with Crippen LogP contribution in [0.15, 0.2) is 0 Å². The summed E-state index contributed by atoms with van der Waals surface area (Å²) < 4.78 is 65.3. The standard InChI is InChI=1S/C10H8F5NO2/c1-16(2)9(10(17)18)3-4(11)6(13)8(15)7(14)5(3)12/h9H,1-2H3,(H,17,18). The normalized spacial score (nSPS) is 12.9. The summed E-state index contributed by atoms with van der Waals surface area (Å²) in [5.41, 5.74) is -1.39. The van der Waals surface area contributed by atoms with Gasteiger partial charge in [-0.3, -0.25) is 9.69 Å². The number of carboxylic acids is 1. The maximum Gasteiger partial charge on any atom is 0.325 e. The number of rotatable bonds is 3. The maximum absolute atomic E-state index is 13.4. The first kappa shape index (κ1) is 14.4. The third-order valence-corrected chi connectivity index (χ3v) is 2.27. The second kappa shape index (κ2) is 4.89. The number of hydrogen-bond acceptors (Lipinski definition) is 2. The molecule has 0 aliphatic rings. The molecular weight excluding hydrogens is 261 g/mol. The quantitative estimate of drug-likeness (QED) is 0.519. The summed E-state index contributed by atoms with van der Waals surface area (Å²) in [4.78, 5) is 11.7. The van der Waals surface area contributed by atoms with Crippen molar-refractivity contribution in [1.82, 2.24) is 4.90 Å². The van der Waals surface area contributed by atoms with E-state index in [2.05, 4.69) is 0 Å². The minimum atomic E-state index is -2.32. The van der Waals surface area contributed by atoms with Gasteiger partial charge in [-0.25, -0.2) is 22.0 Å². The van der Waals surface area contributed by atoms with E-state index in [9.17, 15) is 26.7 Å². The molecule has 3 nitrogen and oxygen atoms in total. The molecule has 1 N–H and O–H groups in total. The summed E-state index contributed by atoms with van der Waals surface area (Å²) in [5.74, 6) is -12.7. The third kappa shape index (κ3) is 2.15. The van der Waals surface area contributed by atoms with Crippen LogP contribution in [0.5, 0.6) is 0 Å². The van der Waals surface area contributed by atoms with Gasteiger partial charge in [-0.2, -0.15) is 0 Å². The number of benzene rings is 1. The molecule has 8 heteroatoms. The molecule has 0 aliphatic heterocycles. The molecule has 1 aromatic carbocycles. The van der Waals surface area contributed by atoms with E-state index in [1.165, 1.54) is 0 Å². The molecule has 0 amide bonds. The summed E-state index contributed by atoms with van der Waals surface area (Å²) in [6.07, 6.45) is 0. The van der Waals surface area contributed by atoms with Gasteiger partial charge in [-0.1, -0.05) is 0 Å². The van der Waals surface area contributed by atoms with E-state index in [-0.39, 0.29) is 0 Å². The molecule has 0 spiro atoms. The Hall–Kier alpha value is -1.70. The average molecular weight is 269 g/mol. The lowest BCUT2D eigenvalue weighted by molar-refractivity contribution is -0.142. The van der Waals surface area contributed by atoms with E-state index in [1.807, 2.05) is 0 Å². The van der Waals surface area contributed by atoms with E-state index in [4.69, 9.17) is 5.11 Å². The van der Waals surface area contributed by atoms with Crippen molar-refractivity contribution in [2.75, 3.05) is 14.1 Å². The number of nitrogens with zero attached hydrogens (tertiary/aromatic N) is 1. The minimum Gasteiger partial charge on any atom is -0.480 e. The Balaban J connectivity index is 3.63.